The minimum atomic E-state index is -0.881. The third-order valence-electron chi connectivity index (χ3n) is 5.29. The van der Waals surface area contributed by atoms with Gasteiger partial charge in [-0.1, -0.05) is 42.5 Å². The molecule has 0 aliphatic carbocycles. The molecule has 0 bridgehead atoms. The largest absolute Gasteiger partial charge is 0.480 e. The molecule has 1 saturated heterocycles. The maximum Gasteiger partial charge on any atom is 0.329 e. The molecule has 0 unspecified atom stereocenters. The van der Waals surface area contributed by atoms with Gasteiger partial charge in [0.25, 0.3) is 0 Å². The molecule has 0 aromatic heterocycles. The van der Waals surface area contributed by atoms with E-state index in [1.807, 2.05) is 31.2 Å². The van der Waals surface area contributed by atoms with Crippen molar-refractivity contribution in [2.45, 2.75) is 38.8 Å². The second-order valence-corrected chi connectivity index (χ2v) is 7.03. The van der Waals surface area contributed by atoms with E-state index in [2.05, 4.69) is 41.4 Å². The summed E-state index contributed by atoms with van der Waals surface area (Å²) in [4.78, 5) is 14.4. The van der Waals surface area contributed by atoms with Crippen LogP contribution in [0.3, 0.4) is 0 Å². The summed E-state index contributed by atoms with van der Waals surface area (Å²) in [6.45, 7) is 6.57. The zero-order chi connectivity index (χ0) is 17.9. The van der Waals surface area contributed by atoms with Crippen molar-refractivity contribution in [3.63, 3.8) is 0 Å². The Balaban J connectivity index is 0.00000243. The minimum Gasteiger partial charge on any atom is -0.480 e. The summed E-state index contributed by atoms with van der Waals surface area (Å²) in [6, 6.07) is 16.3. The summed E-state index contributed by atoms with van der Waals surface area (Å²) in [7, 11) is 0. The van der Waals surface area contributed by atoms with Gasteiger partial charge in [-0.25, -0.2) is 4.79 Å². The number of anilines is 1. The Labute approximate surface area is 177 Å². The summed E-state index contributed by atoms with van der Waals surface area (Å²) < 4.78 is 0. The van der Waals surface area contributed by atoms with E-state index in [1.54, 1.807) is 0 Å². The van der Waals surface area contributed by atoms with Crippen molar-refractivity contribution >= 4 is 41.2 Å². The van der Waals surface area contributed by atoms with Crippen molar-refractivity contribution in [3.05, 3.63) is 65.2 Å². The van der Waals surface area contributed by atoms with Crippen LogP contribution in [0, 0.1) is 13.8 Å². The normalized spacial score (nSPS) is 16.5. The molecule has 0 spiro atoms. The number of likely N-dealkylation sites (tertiary alicyclic amines) is 1. The first-order valence-corrected chi connectivity index (χ1v) is 8.84. The van der Waals surface area contributed by atoms with E-state index >= 15 is 0 Å². The maximum absolute atomic E-state index is 12.0. The van der Waals surface area contributed by atoms with Crippen molar-refractivity contribution in [2.75, 3.05) is 18.4 Å². The van der Waals surface area contributed by atoms with Crippen molar-refractivity contribution in [1.82, 2.24) is 4.90 Å². The SMILES string of the molecule is Cc1ccccc1CN1CCC(Nc2ccccc2C)(C(=O)O)CC1.[Na]. The van der Waals surface area contributed by atoms with Crippen LogP contribution in [0.25, 0.3) is 0 Å². The smallest absolute Gasteiger partial charge is 0.329 e. The number of carboxylic acid groups (broad SMARTS) is 1. The quantitative estimate of drug-likeness (QED) is 0.801. The number of nitrogens with zero attached hydrogens (tertiary/aromatic N) is 1. The topological polar surface area (TPSA) is 52.6 Å². The summed E-state index contributed by atoms with van der Waals surface area (Å²) in [6.07, 6.45) is 1.20. The third kappa shape index (κ3) is 4.68. The van der Waals surface area contributed by atoms with Crippen molar-refractivity contribution in [1.29, 1.82) is 0 Å². The first kappa shape index (κ1) is 21.0. The van der Waals surface area contributed by atoms with Crippen LogP contribution in [0.2, 0.25) is 0 Å². The Morgan fingerprint density at radius 1 is 1.04 bits per heavy atom. The Kier molecular flexibility index (Phi) is 7.30. The van der Waals surface area contributed by atoms with Crippen LogP contribution in [0.5, 0.6) is 0 Å². The fourth-order valence-corrected chi connectivity index (χ4v) is 3.48. The van der Waals surface area contributed by atoms with Gasteiger partial charge in [-0.2, -0.15) is 0 Å². The fourth-order valence-electron chi connectivity index (χ4n) is 3.48. The van der Waals surface area contributed by atoms with Crippen LogP contribution >= 0.6 is 0 Å². The van der Waals surface area contributed by atoms with E-state index in [0.29, 0.717) is 12.8 Å². The first-order chi connectivity index (χ1) is 12.0. The molecular formula is C21H26N2NaO2. The molecule has 1 heterocycles. The summed E-state index contributed by atoms with van der Waals surface area (Å²) >= 11 is 0. The van der Waals surface area contributed by atoms with E-state index in [0.717, 1.165) is 30.9 Å². The van der Waals surface area contributed by atoms with Gasteiger partial charge in [0.15, 0.2) is 0 Å². The number of para-hydroxylation sites is 1. The zero-order valence-electron chi connectivity index (χ0n) is 16.0. The van der Waals surface area contributed by atoms with Gasteiger partial charge >= 0.3 is 5.97 Å². The van der Waals surface area contributed by atoms with Crippen molar-refractivity contribution < 1.29 is 9.90 Å². The average Bonchev–Trinajstić information content (AvgIpc) is 2.60. The number of carbonyl (C=O) groups is 1. The number of nitrogens with one attached hydrogen (secondary N) is 1. The molecule has 1 aliphatic heterocycles. The fraction of sp³-hybridized carbons (Fsp3) is 0.381. The Morgan fingerprint density at radius 2 is 1.62 bits per heavy atom. The van der Waals surface area contributed by atoms with Crippen LogP contribution in [-0.4, -0.2) is 64.2 Å². The second kappa shape index (κ2) is 9.05. The van der Waals surface area contributed by atoms with Gasteiger partial charge in [0, 0.05) is 54.9 Å². The van der Waals surface area contributed by atoms with Crippen LogP contribution in [0.1, 0.15) is 29.5 Å². The number of piperidine rings is 1. The molecule has 2 aromatic carbocycles. The van der Waals surface area contributed by atoms with E-state index in [-0.39, 0.29) is 29.6 Å². The number of hydrogen-bond donors (Lipinski definition) is 2. The van der Waals surface area contributed by atoms with E-state index in [9.17, 15) is 9.90 Å². The van der Waals surface area contributed by atoms with Gasteiger partial charge < -0.3 is 10.4 Å². The minimum absolute atomic E-state index is 0. The van der Waals surface area contributed by atoms with Crippen LogP contribution in [0.15, 0.2) is 48.5 Å². The molecule has 1 fully saturated rings. The molecule has 2 aromatic rings. The predicted octanol–water partition coefficient (Wildman–Crippen LogP) is 3.45. The standard InChI is InChI=1S/C21H26N2O2.Na/c1-16-7-3-5-9-18(16)15-23-13-11-21(12-14-23,20(24)25)22-19-10-6-4-8-17(19)2;/h3-10,22H,11-15H2,1-2H3,(H,24,25);. The van der Waals surface area contributed by atoms with E-state index < -0.39 is 11.5 Å². The van der Waals surface area contributed by atoms with Crippen LogP contribution in [-0.2, 0) is 11.3 Å². The van der Waals surface area contributed by atoms with Gasteiger partial charge in [0.05, 0.1) is 0 Å². The Bertz CT molecular complexity index is 755. The molecular weight excluding hydrogens is 335 g/mol. The van der Waals surface area contributed by atoms with Gasteiger partial charge in [-0.15, -0.1) is 0 Å². The number of aryl methyl sites for hydroxylation is 2. The molecule has 0 atom stereocenters. The predicted molar refractivity (Wildman–Crippen MR) is 107 cm³/mol. The molecule has 5 heteroatoms. The molecule has 1 aliphatic rings. The first-order valence-electron chi connectivity index (χ1n) is 8.84. The number of carboxylic acids is 1. The molecule has 26 heavy (non-hydrogen) atoms. The molecule has 1 radical (unpaired) electrons. The van der Waals surface area contributed by atoms with E-state index in [1.165, 1.54) is 11.1 Å². The van der Waals surface area contributed by atoms with Crippen molar-refractivity contribution in [2.24, 2.45) is 0 Å². The molecule has 0 amide bonds. The molecule has 3 rings (SSSR count). The molecule has 4 nitrogen and oxygen atoms in total. The number of rotatable bonds is 5. The van der Waals surface area contributed by atoms with Crippen LogP contribution < -0.4 is 5.32 Å². The Morgan fingerprint density at radius 3 is 2.19 bits per heavy atom. The van der Waals surface area contributed by atoms with E-state index in [4.69, 9.17) is 0 Å². The molecule has 133 valence electrons. The Hall–Kier alpha value is -1.33. The zero-order valence-corrected chi connectivity index (χ0v) is 18.0. The van der Waals surface area contributed by atoms with Crippen molar-refractivity contribution in [3.8, 4) is 0 Å². The van der Waals surface area contributed by atoms with Crippen LogP contribution in [0.4, 0.5) is 5.69 Å². The van der Waals surface area contributed by atoms with Gasteiger partial charge in [0.1, 0.15) is 5.54 Å². The third-order valence-corrected chi connectivity index (χ3v) is 5.29. The number of aliphatic carboxylic acids is 1. The monoisotopic (exact) mass is 361 g/mol. The number of benzene rings is 2. The van der Waals surface area contributed by atoms with Gasteiger partial charge in [-0.05, 0) is 49.4 Å². The number of hydrogen-bond acceptors (Lipinski definition) is 3. The summed E-state index contributed by atoms with van der Waals surface area (Å²) in [5, 5.41) is 13.2. The summed E-state index contributed by atoms with van der Waals surface area (Å²) in [5.41, 5.74) is 3.71. The molecule has 0 saturated carbocycles. The average molecular weight is 361 g/mol. The van der Waals surface area contributed by atoms with Gasteiger partial charge in [0.2, 0.25) is 0 Å². The maximum atomic E-state index is 12.0. The molecule has 2 N–H and O–H groups in total. The second-order valence-electron chi connectivity index (χ2n) is 7.03. The van der Waals surface area contributed by atoms with Gasteiger partial charge in [-0.3, -0.25) is 4.90 Å². The summed E-state index contributed by atoms with van der Waals surface area (Å²) in [5.74, 6) is -0.758.